The fraction of sp³-hybridized carbons (Fsp3) is 0.778. The number of rotatable bonds is 7. The third-order valence-corrected chi connectivity index (χ3v) is 5.32. The molecule has 5 heteroatoms. The summed E-state index contributed by atoms with van der Waals surface area (Å²) in [6.45, 7) is 7.95. The van der Waals surface area contributed by atoms with Gasteiger partial charge in [0, 0.05) is 10.3 Å². The van der Waals surface area contributed by atoms with E-state index < -0.39 is 5.97 Å². The third-order valence-electron chi connectivity index (χ3n) is 4.10. The Hall–Kier alpha value is -0.970. The minimum atomic E-state index is -0.512. The van der Waals surface area contributed by atoms with E-state index in [1.165, 1.54) is 19.3 Å². The van der Waals surface area contributed by atoms with E-state index in [2.05, 4.69) is 6.58 Å². The zero-order chi connectivity index (χ0) is 17.3. The van der Waals surface area contributed by atoms with Gasteiger partial charge in [-0.15, -0.1) is 0 Å². The minimum absolute atomic E-state index is 0.0120. The third kappa shape index (κ3) is 8.45. The maximum atomic E-state index is 12.0. The summed E-state index contributed by atoms with van der Waals surface area (Å²) in [5.41, 5.74) is 0.165. The van der Waals surface area contributed by atoms with Crippen LogP contribution in [0.25, 0.3) is 0 Å². The van der Waals surface area contributed by atoms with Crippen molar-refractivity contribution in [3.63, 3.8) is 0 Å². The van der Waals surface area contributed by atoms with E-state index in [0.717, 1.165) is 25.7 Å². The van der Waals surface area contributed by atoms with Crippen molar-refractivity contribution in [1.29, 1.82) is 0 Å². The van der Waals surface area contributed by atoms with Gasteiger partial charge in [-0.3, -0.25) is 4.79 Å². The highest BCUT2D eigenvalue weighted by atomic mass is 32.2. The summed E-state index contributed by atoms with van der Waals surface area (Å²) in [5.74, 6) is -0.886. The monoisotopic (exact) mass is 342 g/mol. The fourth-order valence-electron chi connectivity index (χ4n) is 2.41. The molecule has 0 unspecified atom stereocenters. The first-order valence-electron chi connectivity index (χ1n) is 8.43. The number of ether oxygens (including phenoxy) is 2. The molecule has 1 aliphatic rings. The molecule has 0 amide bonds. The largest absolute Gasteiger partial charge is 0.462 e. The summed E-state index contributed by atoms with van der Waals surface area (Å²) in [6.07, 6.45) is 9.60. The summed E-state index contributed by atoms with van der Waals surface area (Å²) >= 11 is 1.62. The standard InChI is InChI=1S/C18H30O4S/c1-14(17(20)21-13-18(2,3)23-4)12-16(19)22-15-10-8-6-5-7-9-11-15/h15H,1,5-13H2,2-4H3. The maximum absolute atomic E-state index is 12.0. The second-order valence-electron chi connectivity index (χ2n) is 6.78. The second kappa shape index (κ2) is 10.0. The SMILES string of the molecule is C=C(CC(=O)OC1CCCCCCC1)C(=O)OCC(C)(C)SC. The van der Waals surface area contributed by atoms with Crippen LogP contribution in [0.15, 0.2) is 12.2 Å². The minimum Gasteiger partial charge on any atom is -0.462 e. The Kier molecular flexibility index (Phi) is 8.74. The van der Waals surface area contributed by atoms with Gasteiger partial charge in [0.1, 0.15) is 12.7 Å². The molecular formula is C18H30O4S. The molecule has 1 aliphatic carbocycles. The average molecular weight is 343 g/mol. The van der Waals surface area contributed by atoms with E-state index in [1.54, 1.807) is 11.8 Å². The van der Waals surface area contributed by atoms with Crippen molar-refractivity contribution >= 4 is 23.7 Å². The van der Waals surface area contributed by atoms with Crippen molar-refractivity contribution in [3.05, 3.63) is 12.2 Å². The van der Waals surface area contributed by atoms with E-state index in [9.17, 15) is 9.59 Å². The van der Waals surface area contributed by atoms with Crippen LogP contribution >= 0.6 is 11.8 Å². The first-order chi connectivity index (χ1) is 10.8. The van der Waals surface area contributed by atoms with Crippen molar-refractivity contribution < 1.29 is 19.1 Å². The molecule has 0 N–H and O–H groups in total. The van der Waals surface area contributed by atoms with Gasteiger partial charge in [0.25, 0.3) is 0 Å². The van der Waals surface area contributed by atoms with Gasteiger partial charge in [-0.2, -0.15) is 11.8 Å². The van der Waals surface area contributed by atoms with E-state index in [1.807, 2.05) is 20.1 Å². The lowest BCUT2D eigenvalue weighted by Crippen LogP contribution is -2.26. The van der Waals surface area contributed by atoms with Crippen LogP contribution in [0.3, 0.4) is 0 Å². The number of carbonyl (C=O) groups is 2. The molecular weight excluding hydrogens is 312 g/mol. The first kappa shape index (κ1) is 20.1. The summed E-state index contributed by atoms with van der Waals surface area (Å²) < 4.78 is 10.6. The lowest BCUT2D eigenvalue weighted by molar-refractivity contribution is -0.151. The van der Waals surface area contributed by atoms with E-state index >= 15 is 0 Å². The van der Waals surface area contributed by atoms with Crippen LogP contribution in [0.2, 0.25) is 0 Å². The Labute approximate surface area is 144 Å². The van der Waals surface area contributed by atoms with Crippen LogP contribution in [0.5, 0.6) is 0 Å². The van der Waals surface area contributed by atoms with E-state index in [4.69, 9.17) is 9.47 Å². The van der Waals surface area contributed by atoms with E-state index in [-0.39, 0.29) is 28.8 Å². The van der Waals surface area contributed by atoms with Crippen molar-refractivity contribution in [2.24, 2.45) is 0 Å². The molecule has 0 bridgehead atoms. The van der Waals surface area contributed by atoms with Gasteiger partial charge in [0.15, 0.2) is 0 Å². The fourth-order valence-corrected chi connectivity index (χ4v) is 2.59. The number of hydrogen-bond donors (Lipinski definition) is 0. The highest BCUT2D eigenvalue weighted by Crippen LogP contribution is 2.22. The Morgan fingerprint density at radius 1 is 1.13 bits per heavy atom. The number of carbonyl (C=O) groups excluding carboxylic acids is 2. The quantitative estimate of drug-likeness (QED) is 0.511. The summed E-state index contributed by atoms with van der Waals surface area (Å²) in [7, 11) is 0. The van der Waals surface area contributed by atoms with Crippen LogP contribution in [-0.4, -0.2) is 35.7 Å². The van der Waals surface area contributed by atoms with Gasteiger partial charge < -0.3 is 9.47 Å². The van der Waals surface area contributed by atoms with Crippen molar-refractivity contribution in [1.82, 2.24) is 0 Å². The predicted molar refractivity (Wildman–Crippen MR) is 94.5 cm³/mol. The molecule has 0 atom stereocenters. The molecule has 4 nitrogen and oxygen atoms in total. The molecule has 1 fully saturated rings. The van der Waals surface area contributed by atoms with Crippen molar-refractivity contribution in [3.8, 4) is 0 Å². The maximum Gasteiger partial charge on any atom is 0.334 e. The van der Waals surface area contributed by atoms with Gasteiger partial charge in [0.05, 0.1) is 6.42 Å². The zero-order valence-corrected chi connectivity index (χ0v) is 15.5. The lowest BCUT2D eigenvalue weighted by Gasteiger charge is -2.22. The second-order valence-corrected chi connectivity index (χ2v) is 8.29. The molecule has 0 heterocycles. The zero-order valence-electron chi connectivity index (χ0n) is 14.7. The van der Waals surface area contributed by atoms with Crippen LogP contribution in [0.1, 0.15) is 65.2 Å². The van der Waals surface area contributed by atoms with Crippen LogP contribution in [0.4, 0.5) is 0 Å². The molecule has 132 valence electrons. The molecule has 0 aliphatic heterocycles. The molecule has 1 saturated carbocycles. The molecule has 0 aromatic heterocycles. The summed E-state index contributed by atoms with van der Waals surface area (Å²) in [4.78, 5) is 23.9. The molecule has 0 spiro atoms. The van der Waals surface area contributed by atoms with Crippen LogP contribution < -0.4 is 0 Å². The number of esters is 2. The molecule has 0 aromatic rings. The van der Waals surface area contributed by atoms with Crippen LogP contribution in [0, 0.1) is 0 Å². The van der Waals surface area contributed by atoms with Gasteiger partial charge >= 0.3 is 11.9 Å². The highest BCUT2D eigenvalue weighted by molar-refractivity contribution is 7.99. The van der Waals surface area contributed by atoms with Gasteiger partial charge in [0.2, 0.25) is 0 Å². The normalized spacial score (nSPS) is 17.0. The molecule has 0 saturated heterocycles. The molecule has 1 rings (SSSR count). The summed E-state index contributed by atoms with van der Waals surface area (Å²) in [5, 5.41) is 0. The lowest BCUT2D eigenvalue weighted by atomic mass is 9.98. The van der Waals surface area contributed by atoms with Gasteiger partial charge in [-0.25, -0.2) is 4.79 Å². The first-order valence-corrected chi connectivity index (χ1v) is 9.66. The van der Waals surface area contributed by atoms with Crippen LogP contribution in [-0.2, 0) is 19.1 Å². The summed E-state index contributed by atoms with van der Waals surface area (Å²) in [6, 6.07) is 0. The highest BCUT2D eigenvalue weighted by Gasteiger charge is 2.22. The number of thioether (sulfide) groups is 1. The Morgan fingerprint density at radius 2 is 1.70 bits per heavy atom. The Morgan fingerprint density at radius 3 is 2.26 bits per heavy atom. The molecule has 0 radical (unpaired) electrons. The topological polar surface area (TPSA) is 52.6 Å². The van der Waals surface area contributed by atoms with Crippen molar-refractivity contribution in [2.75, 3.05) is 12.9 Å². The van der Waals surface area contributed by atoms with Gasteiger partial charge in [-0.05, 0) is 45.8 Å². The van der Waals surface area contributed by atoms with Gasteiger partial charge in [-0.1, -0.05) is 25.8 Å². The Bertz CT molecular complexity index is 409. The number of hydrogen-bond acceptors (Lipinski definition) is 5. The Balaban J connectivity index is 2.34. The predicted octanol–water partition coefficient (Wildman–Crippen LogP) is 4.27. The molecule has 23 heavy (non-hydrogen) atoms. The van der Waals surface area contributed by atoms with Crippen molar-refractivity contribution in [2.45, 2.75) is 76.1 Å². The smallest absolute Gasteiger partial charge is 0.334 e. The average Bonchev–Trinajstić information content (AvgIpc) is 2.47. The molecule has 0 aromatic carbocycles. The van der Waals surface area contributed by atoms with E-state index in [0.29, 0.717) is 6.61 Å².